The molecule has 0 aliphatic carbocycles. The van der Waals surface area contributed by atoms with Gasteiger partial charge in [0.05, 0.1) is 0 Å². The predicted octanol–water partition coefficient (Wildman–Crippen LogP) is 6.23. The van der Waals surface area contributed by atoms with E-state index in [0.717, 1.165) is 10.8 Å². The van der Waals surface area contributed by atoms with Crippen molar-refractivity contribution in [3.63, 3.8) is 0 Å². The fourth-order valence-electron chi connectivity index (χ4n) is 2.18. The second kappa shape index (κ2) is 7.42. The smallest absolute Gasteiger partial charge is 0.192 e. The molecule has 2 rings (SSSR count). The molecule has 0 aliphatic rings. The number of ether oxygens (including phenoxy) is 1. The van der Waals surface area contributed by atoms with Gasteiger partial charge in [-0.15, -0.1) is 0 Å². The van der Waals surface area contributed by atoms with Crippen LogP contribution in [0.15, 0.2) is 36.4 Å². The Morgan fingerprint density at radius 2 is 1.71 bits per heavy atom. The van der Waals surface area contributed by atoms with Crippen LogP contribution in [-0.2, 0) is 4.43 Å². The van der Waals surface area contributed by atoms with E-state index in [1.54, 1.807) is 0 Å². The summed E-state index contributed by atoms with van der Waals surface area (Å²) in [5.41, 5.74) is 0. The van der Waals surface area contributed by atoms with E-state index >= 15 is 0 Å². The number of halogens is 2. The zero-order chi connectivity index (χ0) is 18.0. The van der Waals surface area contributed by atoms with Crippen LogP contribution in [0.3, 0.4) is 0 Å². The molecule has 2 aromatic carbocycles. The van der Waals surface area contributed by atoms with Gasteiger partial charge in [-0.05, 0) is 53.2 Å². The summed E-state index contributed by atoms with van der Waals surface area (Å²) in [5, 5.41) is 2.84. The van der Waals surface area contributed by atoms with Gasteiger partial charge in [-0.3, -0.25) is 0 Å². The van der Waals surface area contributed by atoms with Crippen LogP contribution < -0.4 is 4.74 Å². The number of fused-ring (bicyclic) bond motifs is 1. The molecule has 0 heterocycles. The molecule has 132 valence electrons. The van der Waals surface area contributed by atoms with Crippen molar-refractivity contribution >= 4 is 30.7 Å². The van der Waals surface area contributed by atoms with Gasteiger partial charge in [0.15, 0.2) is 8.32 Å². The Labute approximate surface area is 150 Å². The van der Waals surface area contributed by atoms with E-state index in [4.69, 9.17) is 20.8 Å². The van der Waals surface area contributed by atoms with Crippen LogP contribution in [0.4, 0.5) is 4.39 Å². The molecule has 0 N–H and O–H groups in total. The Morgan fingerprint density at radius 1 is 1.08 bits per heavy atom. The van der Waals surface area contributed by atoms with Gasteiger partial charge in [0.25, 0.3) is 0 Å². The molecular weight excluding hydrogens is 343 g/mol. The average Bonchev–Trinajstić information content (AvgIpc) is 2.50. The molecule has 0 fully saturated rings. The van der Waals surface area contributed by atoms with E-state index in [-0.39, 0.29) is 11.6 Å². The molecule has 0 spiro atoms. The zero-order valence-corrected chi connectivity index (χ0v) is 16.8. The summed E-state index contributed by atoms with van der Waals surface area (Å²) in [6.07, 6.45) is -0.535. The first-order chi connectivity index (χ1) is 11.1. The van der Waals surface area contributed by atoms with Crippen molar-refractivity contribution in [2.24, 2.45) is 0 Å². The summed E-state index contributed by atoms with van der Waals surface area (Å²) in [7, 11) is -2.01. The predicted molar refractivity (Wildman–Crippen MR) is 102 cm³/mol. The average molecular weight is 369 g/mol. The van der Waals surface area contributed by atoms with Gasteiger partial charge in [0, 0.05) is 5.02 Å². The largest absolute Gasteiger partial charge is 0.491 e. The molecule has 0 aromatic heterocycles. The lowest BCUT2D eigenvalue weighted by atomic mass is 10.1. The first-order valence-corrected chi connectivity index (χ1v) is 11.5. The van der Waals surface area contributed by atoms with Crippen molar-refractivity contribution in [2.75, 3.05) is 13.3 Å². The van der Waals surface area contributed by atoms with Gasteiger partial charge < -0.3 is 9.16 Å². The number of hydrogen-bond acceptors (Lipinski definition) is 2. The van der Waals surface area contributed by atoms with Gasteiger partial charge >= 0.3 is 0 Å². The number of hydrogen-bond donors (Lipinski definition) is 0. The monoisotopic (exact) mass is 368 g/mol. The van der Waals surface area contributed by atoms with Crippen LogP contribution in [0.2, 0.25) is 23.2 Å². The SMILES string of the molecule is CC(C)(C)[Si](C)(C)OC(CF)COc1ccc2cc(Cl)ccc2c1. The molecule has 0 bridgehead atoms. The second-order valence-corrected chi connectivity index (χ2v) is 12.8. The molecular formula is C19H26ClFO2Si. The molecule has 0 radical (unpaired) electrons. The Morgan fingerprint density at radius 3 is 2.33 bits per heavy atom. The van der Waals surface area contributed by atoms with E-state index in [0.29, 0.717) is 10.8 Å². The summed E-state index contributed by atoms with van der Waals surface area (Å²) < 4.78 is 25.3. The maximum Gasteiger partial charge on any atom is 0.192 e. The third-order valence-electron chi connectivity index (χ3n) is 4.65. The van der Waals surface area contributed by atoms with Crippen molar-refractivity contribution in [1.82, 2.24) is 0 Å². The maximum atomic E-state index is 13.4. The zero-order valence-electron chi connectivity index (χ0n) is 15.0. The third-order valence-corrected chi connectivity index (χ3v) is 9.42. The summed E-state index contributed by atoms with van der Waals surface area (Å²) >= 11 is 5.99. The third kappa shape index (κ3) is 4.71. The Hall–Kier alpha value is -1.10. The topological polar surface area (TPSA) is 18.5 Å². The van der Waals surface area contributed by atoms with Gasteiger partial charge in [-0.25, -0.2) is 4.39 Å². The summed E-state index contributed by atoms with van der Waals surface area (Å²) in [5.74, 6) is 0.710. The van der Waals surface area contributed by atoms with Crippen LogP contribution in [0, 0.1) is 0 Å². The molecule has 0 amide bonds. The lowest BCUT2D eigenvalue weighted by molar-refractivity contribution is 0.0920. The van der Waals surface area contributed by atoms with Crippen LogP contribution in [0.5, 0.6) is 5.75 Å². The fourth-order valence-corrected chi connectivity index (χ4v) is 3.68. The van der Waals surface area contributed by atoms with Gasteiger partial charge in [0.1, 0.15) is 25.1 Å². The Bertz CT molecular complexity index is 697. The summed E-state index contributed by atoms with van der Waals surface area (Å²) in [4.78, 5) is 0. The van der Waals surface area contributed by atoms with Crippen molar-refractivity contribution in [1.29, 1.82) is 0 Å². The highest BCUT2D eigenvalue weighted by Gasteiger charge is 2.39. The minimum absolute atomic E-state index is 0.0443. The van der Waals surface area contributed by atoms with Crippen molar-refractivity contribution in [2.45, 2.75) is 45.0 Å². The quantitative estimate of drug-likeness (QED) is 0.562. The van der Waals surface area contributed by atoms with Crippen LogP contribution in [0.25, 0.3) is 10.8 Å². The molecule has 2 nitrogen and oxygen atoms in total. The van der Waals surface area contributed by atoms with Crippen molar-refractivity contribution in [3.8, 4) is 5.75 Å². The molecule has 5 heteroatoms. The minimum atomic E-state index is -2.01. The highest BCUT2D eigenvalue weighted by atomic mass is 35.5. The van der Waals surface area contributed by atoms with Gasteiger partial charge in [-0.2, -0.15) is 0 Å². The Balaban J connectivity index is 2.04. The van der Waals surface area contributed by atoms with Gasteiger partial charge in [0.2, 0.25) is 0 Å². The standard InChI is InChI=1S/C19H26ClFO2Si/c1-19(2,3)24(4,5)23-18(12-21)13-22-17-9-7-14-10-16(20)8-6-15(14)11-17/h6-11,18H,12-13H2,1-5H3. The molecule has 2 aromatic rings. The molecule has 1 atom stereocenters. The fraction of sp³-hybridized carbons (Fsp3) is 0.474. The molecule has 0 aliphatic heterocycles. The first-order valence-electron chi connectivity index (χ1n) is 8.18. The van der Waals surface area contributed by atoms with Crippen molar-refractivity contribution in [3.05, 3.63) is 41.4 Å². The lowest BCUT2D eigenvalue weighted by Gasteiger charge is -2.38. The molecule has 1 unspecified atom stereocenters. The van der Waals surface area contributed by atoms with Crippen LogP contribution >= 0.6 is 11.6 Å². The summed E-state index contributed by atoms with van der Waals surface area (Å²) in [6, 6.07) is 11.5. The van der Waals surface area contributed by atoms with E-state index in [1.165, 1.54) is 0 Å². The lowest BCUT2D eigenvalue weighted by Crippen LogP contribution is -2.46. The van der Waals surface area contributed by atoms with Gasteiger partial charge in [-0.1, -0.05) is 44.5 Å². The normalized spacial score (nSPS) is 14.0. The number of benzene rings is 2. The van der Waals surface area contributed by atoms with E-state index in [2.05, 4.69) is 33.9 Å². The molecule has 24 heavy (non-hydrogen) atoms. The Kier molecular flexibility index (Phi) is 5.94. The molecule has 0 saturated carbocycles. The summed E-state index contributed by atoms with van der Waals surface area (Å²) in [6.45, 7) is 10.3. The van der Waals surface area contributed by atoms with E-state index in [9.17, 15) is 4.39 Å². The van der Waals surface area contributed by atoms with Crippen LogP contribution in [-0.4, -0.2) is 27.7 Å². The van der Waals surface area contributed by atoms with E-state index < -0.39 is 21.1 Å². The highest BCUT2D eigenvalue weighted by Crippen LogP contribution is 2.37. The van der Waals surface area contributed by atoms with E-state index in [1.807, 2.05) is 36.4 Å². The number of alkyl halides is 1. The first kappa shape index (κ1) is 19.2. The number of rotatable bonds is 6. The minimum Gasteiger partial charge on any atom is -0.491 e. The second-order valence-electron chi connectivity index (χ2n) is 7.62. The van der Waals surface area contributed by atoms with Crippen LogP contribution in [0.1, 0.15) is 20.8 Å². The van der Waals surface area contributed by atoms with Crippen molar-refractivity contribution < 1.29 is 13.6 Å². The maximum absolute atomic E-state index is 13.4. The highest BCUT2D eigenvalue weighted by molar-refractivity contribution is 6.74. The molecule has 0 saturated heterocycles.